The van der Waals surface area contributed by atoms with Crippen molar-refractivity contribution >= 4 is 34.4 Å². The number of rotatable bonds is 0. The molecule has 0 bridgehead atoms. The van der Waals surface area contributed by atoms with Gasteiger partial charge in [0.25, 0.3) is 0 Å². The molecule has 0 saturated heterocycles. The Morgan fingerprint density at radius 3 is 2.86 bits per heavy atom. The predicted octanol–water partition coefficient (Wildman–Crippen LogP) is 0.536. The van der Waals surface area contributed by atoms with Gasteiger partial charge in [-0.25, -0.2) is 9.98 Å². The van der Waals surface area contributed by atoms with E-state index in [9.17, 15) is 0 Å². The second-order valence-electron chi connectivity index (χ2n) is 2.92. The zero-order valence-electron chi connectivity index (χ0n) is 8.27. The molecule has 2 rings (SSSR count). The summed E-state index contributed by atoms with van der Waals surface area (Å²) in [7, 11) is 1.73. The Morgan fingerprint density at radius 1 is 1.43 bits per heavy atom. The second-order valence-corrected chi connectivity index (χ2v) is 3.69. The van der Waals surface area contributed by atoms with Crippen molar-refractivity contribution in [3.05, 3.63) is 0 Å². The van der Waals surface area contributed by atoms with Gasteiger partial charge in [0.15, 0.2) is 17.0 Å². The summed E-state index contributed by atoms with van der Waals surface area (Å²) in [6, 6.07) is -0.115. The molecule has 6 heteroatoms. The minimum absolute atomic E-state index is 0.115. The summed E-state index contributed by atoms with van der Waals surface area (Å²) in [5, 5.41) is 3.84. The zero-order valence-corrected chi connectivity index (χ0v) is 9.09. The average molecular weight is 209 g/mol. The van der Waals surface area contributed by atoms with Crippen molar-refractivity contribution in [2.24, 2.45) is 20.0 Å². The van der Waals surface area contributed by atoms with Crippen LogP contribution in [0.3, 0.4) is 0 Å². The van der Waals surface area contributed by atoms with Crippen LogP contribution < -0.4 is 5.32 Å². The van der Waals surface area contributed by atoms with Crippen LogP contribution in [-0.4, -0.2) is 42.0 Å². The molecule has 0 radical (unpaired) electrons. The average Bonchev–Trinajstić information content (AvgIpc) is 2.56. The van der Waals surface area contributed by atoms with E-state index in [4.69, 9.17) is 0 Å². The van der Waals surface area contributed by atoms with Crippen LogP contribution in [-0.2, 0) is 0 Å². The van der Waals surface area contributed by atoms with Crippen molar-refractivity contribution in [3.8, 4) is 0 Å². The normalized spacial score (nSPS) is 27.8. The van der Waals surface area contributed by atoms with Gasteiger partial charge < -0.3 is 5.32 Å². The van der Waals surface area contributed by atoms with Gasteiger partial charge in [0.2, 0.25) is 0 Å². The SMILES string of the molecule is CN=C1N=C(SC)N=C2NC(C)=NC12. The maximum atomic E-state index is 4.36. The van der Waals surface area contributed by atoms with Gasteiger partial charge in [-0.1, -0.05) is 11.8 Å². The highest BCUT2D eigenvalue weighted by Crippen LogP contribution is 2.15. The van der Waals surface area contributed by atoms with Crippen LogP contribution >= 0.6 is 11.8 Å². The van der Waals surface area contributed by atoms with Crippen LogP contribution in [0.25, 0.3) is 0 Å². The standard InChI is InChI=1S/C8H11N5S/c1-4-10-5-6(9-2)12-8(14-3)13-7(5)11-4/h5H,1-3H3,(H,9,10,11,12,13). The van der Waals surface area contributed by atoms with Gasteiger partial charge in [-0.2, -0.15) is 0 Å². The van der Waals surface area contributed by atoms with Crippen molar-refractivity contribution in [2.75, 3.05) is 13.3 Å². The topological polar surface area (TPSA) is 61.5 Å². The van der Waals surface area contributed by atoms with Crippen LogP contribution in [0.2, 0.25) is 0 Å². The van der Waals surface area contributed by atoms with Gasteiger partial charge >= 0.3 is 0 Å². The minimum atomic E-state index is -0.115. The molecule has 5 nitrogen and oxygen atoms in total. The summed E-state index contributed by atoms with van der Waals surface area (Å²) in [6.45, 7) is 1.91. The van der Waals surface area contributed by atoms with Gasteiger partial charge in [0.05, 0.1) is 5.84 Å². The van der Waals surface area contributed by atoms with Crippen LogP contribution in [0.4, 0.5) is 0 Å². The van der Waals surface area contributed by atoms with Crippen LogP contribution in [0.15, 0.2) is 20.0 Å². The number of fused-ring (bicyclic) bond motifs is 1. The third-order valence-corrected chi connectivity index (χ3v) is 2.52. The predicted molar refractivity (Wildman–Crippen MR) is 61.8 cm³/mol. The molecule has 1 atom stereocenters. The first-order chi connectivity index (χ1) is 6.74. The van der Waals surface area contributed by atoms with Gasteiger partial charge in [-0.05, 0) is 13.2 Å². The van der Waals surface area contributed by atoms with E-state index < -0.39 is 0 Å². The molecule has 1 N–H and O–H groups in total. The van der Waals surface area contributed by atoms with Gasteiger partial charge in [-0.3, -0.25) is 9.98 Å². The molecule has 2 aliphatic rings. The monoisotopic (exact) mass is 209 g/mol. The van der Waals surface area contributed by atoms with Gasteiger partial charge in [0, 0.05) is 7.05 Å². The second kappa shape index (κ2) is 3.53. The molecule has 0 aromatic rings. The fourth-order valence-electron chi connectivity index (χ4n) is 1.36. The third-order valence-electron chi connectivity index (χ3n) is 1.97. The lowest BCUT2D eigenvalue weighted by atomic mass is 10.2. The van der Waals surface area contributed by atoms with E-state index in [-0.39, 0.29) is 6.04 Å². The smallest absolute Gasteiger partial charge is 0.190 e. The minimum Gasteiger partial charge on any atom is -0.330 e. The molecular weight excluding hydrogens is 198 g/mol. The largest absolute Gasteiger partial charge is 0.330 e. The lowest BCUT2D eigenvalue weighted by Crippen LogP contribution is -2.36. The fourth-order valence-corrected chi connectivity index (χ4v) is 1.74. The third kappa shape index (κ3) is 1.45. The molecule has 2 heterocycles. The maximum Gasteiger partial charge on any atom is 0.190 e. The summed E-state index contributed by atoms with van der Waals surface area (Å²) >= 11 is 1.51. The molecule has 0 saturated carbocycles. The molecule has 0 fully saturated rings. The Balaban J connectivity index is 2.38. The van der Waals surface area contributed by atoms with Crippen LogP contribution in [0, 0.1) is 0 Å². The first-order valence-corrected chi connectivity index (χ1v) is 5.46. The van der Waals surface area contributed by atoms with E-state index >= 15 is 0 Å². The van der Waals surface area contributed by atoms with E-state index in [2.05, 4.69) is 25.3 Å². The maximum absolute atomic E-state index is 4.36. The van der Waals surface area contributed by atoms with E-state index in [1.54, 1.807) is 7.05 Å². The first-order valence-electron chi connectivity index (χ1n) is 4.24. The van der Waals surface area contributed by atoms with Crippen molar-refractivity contribution in [2.45, 2.75) is 13.0 Å². The van der Waals surface area contributed by atoms with Crippen molar-refractivity contribution in [1.29, 1.82) is 0 Å². The molecule has 0 aromatic heterocycles. The number of nitrogens with one attached hydrogen (secondary N) is 1. The Kier molecular flexibility index (Phi) is 2.37. The van der Waals surface area contributed by atoms with Crippen molar-refractivity contribution < 1.29 is 0 Å². The lowest BCUT2D eigenvalue weighted by molar-refractivity contribution is 1.10. The molecule has 0 aromatic carbocycles. The number of hydrogen-bond acceptors (Lipinski definition) is 5. The molecule has 2 aliphatic heterocycles. The molecule has 1 unspecified atom stereocenters. The summed E-state index contributed by atoms with van der Waals surface area (Å²) in [4.78, 5) is 17.1. The quantitative estimate of drug-likeness (QED) is 0.633. The van der Waals surface area contributed by atoms with Crippen molar-refractivity contribution in [1.82, 2.24) is 5.32 Å². The molecule has 74 valence electrons. The number of thioether (sulfide) groups is 1. The Labute approximate surface area is 86.5 Å². The summed E-state index contributed by atoms with van der Waals surface area (Å²) in [6.07, 6.45) is 1.94. The molecule has 0 amide bonds. The van der Waals surface area contributed by atoms with E-state index in [1.165, 1.54) is 11.8 Å². The number of hydrogen-bond donors (Lipinski definition) is 1. The fraction of sp³-hybridized carbons (Fsp3) is 0.500. The summed E-state index contributed by atoms with van der Waals surface area (Å²) < 4.78 is 0. The van der Waals surface area contributed by atoms with E-state index in [0.717, 1.165) is 22.7 Å². The number of nitrogens with zero attached hydrogens (tertiary/aromatic N) is 4. The van der Waals surface area contributed by atoms with Crippen molar-refractivity contribution in [3.63, 3.8) is 0 Å². The highest BCUT2D eigenvalue weighted by molar-refractivity contribution is 8.13. The summed E-state index contributed by atoms with van der Waals surface area (Å²) in [5.41, 5.74) is 0. The highest BCUT2D eigenvalue weighted by Gasteiger charge is 2.30. The Bertz CT molecular complexity index is 379. The lowest BCUT2D eigenvalue weighted by Gasteiger charge is -2.13. The van der Waals surface area contributed by atoms with E-state index in [1.807, 2.05) is 13.2 Å². The number of aliphatic imine (C=N–C) groups is 4. The Hall–Kier alpha value is -1.17. The molecule has 14 heavy (non-hydrogen) atoms. The zero-order chi connectivity index (χ0) is 10.1. The molecule has 0 aliphatic carbocycles. The van der Waals surface area contributed by atoms with Crippen LogP contribution in [0.5, 0.6) is 0 Å². The van der Waals surface area contributed by atoms with Gasteiger partial charge in [0.1, 0.15) is 5.84 Å². The highest BCUT2D eigenvalue weighted by atomic mass is 32.2. The number of amidine groups is 4. The van der Waals surface area contributed by atoms with Crippen LogP contribution in [0.1, 0.15) is 6.92 Å². The molecule has 0 spiro atoms. The van der Waals surface area contributed by atoms with Gasteiger partial charge in [-0.15, -0.1) is 0 Å². The first kappa shape index (κ1) is 9.39. The summed E-state index contributed by atoms with van der Waals surface area (Å²) in [5.74, 6) is 2.43. The molecular formula is C8H11N5S. The Morgan fingerprint density at radius 2 is 2.21 bits per heavy atom. The van der Waals surface area contributed by atoms with E-state index in [0.29, 0.717) is 0 Å².